The molecule has 2 heterocycles. The van der Waals surface area contributed by atoms with Crippen molar-refractivity contribution in [2.75, 3.05) is 17.6 Å². The summed E-state index contributed by atoms with van der Waals surface area (Å²) in [6, 6.07) is 2.84. The van der Waals surface area contributed by atoms with E-state index in [1.165, 1.54) is 10.5 Å². The molecule has 1 N–H and O–H groups in total. The van der Waals surface area contributed by atoms with Crippen molar-refractivity contribution >= 4 is 21.6 Å². The number of hydrogen-bond donors (Lipinski definition) is 1. The van der Waals surface area contributed by atoms with Crippen LogP contribution in [-0.4, -0.2) is 42.0 Å². The number of hydrogen-bond acceptors (Lipinski definition) is 4. The predicted molar refractivity (Wildman–Crippen MR) is 76.7 cm³/mol. The SMILES string of the molecule is CCCS(=O)(=O)N1CCC[C@@H]1C(=O)Nc1cccnc1. The van der Waals surface area contributed by atoms with Crippen LogP contribution in [0, 0.1) is 0 Å². The molecular formula is C13H19N3O3S. The molecule has 0 aromatic carbocycles. The Morgan fingerprint density at radius 1 is 1.55 bits per heavy atom. The molecular weight excluding hydrogens is 278 g/mol. The van der Waals surface area contributed by atoms with Crippen molar-refractivity contribution in [1.82, 2.24) is 9.29 Å². The summed E-state index contributed by atoms with van der Waals surface area (Å²) in [6.45, 7) is 2.24. The van der Waals surface area contributed by atoms with Gasteiger partial charge in [-0.3, -0.25) is 9.78 Å². The zero-order valence-corrected chi connectivity index (χ0v) is 12.3. The van der Waals surface area contributed by atoms with E-state index in [0.717, 1.165) is 0 Å². The van der Waals surface area contributed by atoms with Crippen LogP contribution >= 0.6 is 0 Å². The predicted octanol–water partition coefficient (Wildman–Crippen LogP) is 1.22. The molecule has 20 heavy (non-hydrogen) atoms. The standard InChI is InChI=1S/C13H19N3O3S/c1-2-9-20(18,19)16-8-4-6-12(16)13(17)15-11-5-3-7-14-10-11/h3,5,7,10,12H,2,4,6,8-9H2,1H3,(H,15,17)/t12-/m1/s1. The molecule has 0 bridgehead atoms. The Balaban J connectivity index is 2.09. The van der Waals surface area contributed by atoms with E-state index in [2.05, 4.69) is 10.3 Å². The van der Waals surface area contributed by atoms with Crippen molar-refractivity contribution in [3.8, 4) is 0 Å². The summed E-state index contributed by atoms with van der Waals surface area (Å²) in [5.41, 5.74) is 0.581. The second kappa shape index (κ2) is 6.32. The number of sulfonamides is 1. The van der Waals surface area contributed by atoms with Gasteiger partial charge in [0.25, 0.3) is 0 Å². The molecule has 1 fully saturated rings. The molecule has 1 aromatic heterocycles. The van der Waals surface area contributed by atoms with Crippen molar-refractivity contribution in [3.63, 3.8) is 0 Å². The van der Waals surface area contributed by atoms with E-state index in [1.54, 1.807) is 18.3 Å². The number of carbonyl (C=O) groups is 1. The minimum Gasteiger partial charge on any atom is -0.323 e. The zero-order chi connectivity index (χ0) is 14.6. The number of pyridine rings is 1. The lowest BCUT2D eigenvalue weighted by atomic mass is 10.2. The van der Waals surface area contributed by atoms with Gasteiger partial charge in [-0.2, -0.15) is 4.31 Å². The molecule has 0 radical (unpaired) electrons. The number of rotatable bonds is 5. The summed E-state index contributed by atoms with van der Waals surface area (Å²) >= 11 is 0. The maximum atomic E-state index is 12.2. The highest BCUT2D eigenvalue weighted by Gasteiger charge is 2.37. The Morgan fingerprint density at radius 3 is 3.00 bits per heavy atom. The topological polar surface area (TPSA) is 79.4 Å². The van der Waals surface area contributed by atoms with Gasteiger partial charge in [-0.05, 0) is 31.4 Å². The third kappa shape index (κ3) is 3.34. The minimum absolute atomic E-state index is 0.0870. The Hall–Kier alpha value is -1.47. The number of nitrogens with one attached hydrogen (secondary N) is 1. The molecule has 1 amide bonds. The van der Waals surface area contributed by atoms with Crippen LogP contribution in [0.5, 0.6) is 0 Å². The van der Waals surface area contributed by atoms with Gasteiger partial charge < -0.3 is 5.32 Å². The van der Waals surface area contributed by atoms with Crippen molar-refractivity contribution < 1.29 is 13.2 Å². The van der Waals surface area contributed by atoms with Gasteiger partial charge in [-0.15, -0.1) is 0 Å². The van der Waals surface area contributed by atoms with Gasteiger partial charge in [0.15, 0.2) is 0 Å². The van der Waals surface area contributed by atoms with Crippen molar-refractivity contribution in [2.45, 2.75) is 32.2 Å². The third-order valence-corrected chi connectivity index (χ3v) is 5.33. The molecule has 2 rings (SSSR count). The van der Waals surface area contributed by atoms with Crippen LogP contribution in [-0.2, 0) is 14.8 Å². The summed E-state index contributed by atoms with van der Waals surface area (Å²) in [4.78, 5) is 16.1. The normalized spacial score (nSPS) is 19.9. The van der Waals surface area contributed by atoms with Gasteiger partial charge in [-0.1, -0.05) is 6.92 Å². The van der Waals surface area contributed by atoms with Crippen LogP contribution < -0.4 is 5.32 Å². The summed E-state index contributed by atoms with van der Waals surface area (Å²) in [7, 11) is -3.34. The first kappa shape index (κ1) is 14.9. The highest BCUT2D eigenvalue weighted by molar-refractivity contribution is 7.89. The molecule has 1 aliphatic heterocycles. The molecule has 0 saturated carbocycles. The molecule has 1 aromatic rings. The molecule has 6 nitrogen and oxygen atoms in total. The summed E-state index contributed by atoms with van der Waals surface area (Å²) in [6.07, 6.45) is 4.99. The average Bonchev–Trinajstić information content (AvgIpc) is 2.90. The fourth-order valence-corrected chi connectivity index (χ4v) is 4.12. The lowest BCUT2D eigenvalue weighted by Crippen LogP contribution is -2.44. The first-order valence-electron chi connectivity index (χ1n) is 6.75. The first-order valence-corrected chi connectivity index (χ1v) is 8.36. The Labute approximate surface area is 119 Å². The van der Waals surface area contributed by atoms with Gasteiger partial charge in [-0.25, -0.2) is 8.42 Å². The third-order valence-electron chi connectivity index (χ3n) is 3.25. The van der Waals surface area contributed by atoms with Gasteiger partial charge in [0, 0.05) is 12.7 Å². The first-order chi connectivity index (χ1) is 9.54. The lowest BCUT2D eigenvalue weighted by molar-refractivity contribution is -0.119. The van der Waals surface area contributed by atoms with E-state index in [-0.39, 0.29) is 11.7 Å². The molecule has 0 spiro atoms. The number of nitrogens with zero attached hydrogens (tertiary/aromatic N) is 2. The van der Waals surface area contributed by atoms with Crippen LogP contribution in [0.4, 0.5) is 5.69 Å². The number of amides is 1. The van der Waals surface area contributed by atoms with Crippen molar-refractivity contribution in [1.29, 1.82) is 0 Å². The summed E-state index contributed by atoms with van der Waals surface area (Å²) < 4.78 is 25.6. The van der Waals surface area contributed by atoms with E-state index in [0.29, 0.717) is 31.5 Å². The maximum Gasteiger partial charge on any atom is 0.242 e. The van der Waals surface area contributed by atoms with Crippen LogP contribution in [0.25, 0.3) is 0 Å². The smallest absolute Gasteiger partial charge is 0.242 e. The van der Waals surface area contributed by atoms with E-state index >= 15 is 0 Å². The second-order valence-electron chi connectivity index (χ2n) is 4.82. The molecule has 7 heteroatoms. The fourth-order valence-electron chi connectivity index (χ4n) is 2.37. The molecule has 0 unspecified atom stereocenters. The largest absolute Gasteiger partial charge is 0.323 e. The van der Waals surface area contributed by atoms with Gasteiger partial charge in [0.1, 0.15) is 6.04 Å². The second-order valence-corrected chi connectivity index (χ2v) is 6.86. The average molecular weight is 297 g/mol. The molecule has 1 saturated heterocycles. The number of aromatic nitrogens is 1. The van der Waals surface area contributed by atoms with E-state index in [9.17, 15) is 13.2 Å². The Morgan fingerprint density at radius 2 is 2.35 bits per heavy atom. The molecule has 110 valence electrons. The van der Waals surface area contributed by atoms with Crippen molar-refractivity contribution in [3.05, 3.63) is 24.5 Å². The zero-order valence-electron chi connectivity index (χ0n) is 11.4. The summed E-state index contributed by atoms with van der Waals surface area (Å²) in [5, 5.41) is 2.72. The maximum absolute atomic E-state index is 12.2. The van der Waals surface area contributed by atoms with E-state index < -0.39 is 16.1 Å². The Bertz CT molecular complexity index is 559. The van der Waals surface area contributed by atoms with Crippen LogP contribution in [0.3, 0.4) is 0 Å². The van der Waals surface area contributed by atoms with Crippen LogP contribution in [0.1, 0.15) is 26.2 Å². The van der Waals surface area contributed by atoms with Gasteiger partial charge in [0.05, 0.1) is 17.6 Å². The van der Waals surface area contributed by atoms with Gasteiger partial charge in [0.2, 0.25) is 15.9 Å². The molecule has 0 aliphatic carbocycles. The van der Waals surface area contributed by atoms with Crippen LogP contribution in [0.15, 0.2) is 24.5 Å². The fraction of sp³-hybridized carbons (Fsp3) is 0.538. The quantitative estimate of drug-likeness (QED) is 0.886. The van der Waals surface area contributed by atoms with Crippen LogP contribution in [0.2, 0.25) is 0 Å². The monoisotopic (exact) mass is 297 g/mol. The minimum atomic E-state index is -3.34. The highest BCUT2D eigenvalue weighted by atomic mass is 32.2. The lowest BCUT2D eigenvalue weighted by Gasteiger charge is -2.23. The number of anilines is 1. The van der Waals surface area contributed by atoms with E-state index in [1.807, 2.05) is 6.92 Å². The molecule has 1 atom stereocenters. The van der Waals surface area contributed by atoms with Crippen molar-refractivity contribution in [2.24, 2.45) is 0 Å². The number of carbonyl (C=O) groups excluding carboxylic acids is 1. The molecule has 1 aliphatic rings. The Kier molecular flexibility index (Phi) is 4.72. The highest BCUT2D eigenvalue weighted by Crippen LogP contribution is 2.23. The van der Waals surface area contributed by atoms with Gasteiger partial charge >= 0.3 is 0 Å². The van der Waals surface area contributed by atoms with E-state index in [4.69, 9.17) is 0 Å². The summed E-state index contributed by atoms with van der Waals surface area (Å²) in [5.74, 6) is -0.195.